The van der Waals surface area contributed by atoms with Crippen LogP contribution in [-0.2, 0) is 0 Å². The first kappa shape index (κ1) is 34.8. The lowest BCUT2D eigenvalue weighted by Gasteiger charge is -2.25. The maximum absolute atomic E-state index is 11.9. The Morgan fingerprint density at radius 3 is 1.50 bits per heavy atom. The minimum Gasteiger partial charge on any atom is -0.456 e. The maximum Gasteiger partial charge on any atom is 0.136 e. The van der Waals surface area contributed by atoms with Crippen molar-refractivity contribution in [3.05, 3.63) is 187 Å². The standard InChI is InChI=1S/C56H29N3OS2/c57-30-42-48(32-14-3-1-4-15-32)43(31-58)52(49(33-16-5-2-6-17-33)51(42)41-21-13-23-45-50(41)40-20-7-10-22-44(40)60-45)59-53-36(26-28-38-34-18-8-11-24-46(34)61-55(38)53)37-27-29-39-35-19-9-12-25-47(35)62-56(39)54(37)59/h1-29H. The number of nitriles is 2. The first-order valence-electron chi connectivity index (χ1n) is 20.5. The van der Waals surface area contributed by atoms with E-state index in [0.29, 0.717) is 16.7 Å². The number of aromatic nitrogens is 1. The molecule has 0 bridgehead atoms. The van der Waals surface area contributed by atoms with Crippen molar-refractivity contribution < 1.29 is 4.42 Å². The molecule has 0 aliphatic carbocycles. The molecule has 0 amide bonds. The van der Waals surface area contributed by atoms with Crippen molar-refractivity contribution in [2.45, 2.75) is 0 Å². The van der Waals surface area contributed by atoms with Crippen molar-refractivity contribution in [1.29, 1.82) is 10.5 Å². The molecule has 0 N–H and O–H groups in total. The van der Waals surface area contributed by atoms with E-state index in [2.05, 4.69) is 114 Å². The van der Waals surface area contributed by atoms with Gasteiger partial charge in [0.1, 0.15) is 23.3 Å². The van der Waals surface area contributed by atoms with Gasteiger partial charge in [-0.1, -0.05) is 152 Å². The summed E-state index contributed by atoms with van der Waals surface area (Å²) >= 11 is 3.58. The predicted molar refractivity (Wildman–Crippen MR) is 260 cm³/mol. The predicted octanol–water partition coefficient (Wildman–Crippen LogP) is 16.2. The molecule has 0 spiro atoms. The molecule has 4 aromatic heterocycles. The van der Waals surface area contributed by atoms with Gasteiger partial charge in [-0.25, -0.2) is 0 Å². The van der Waals surface area contributed by atoms with Gasteiger partial charge in [-0.2, -0.15) is 10.5 Å². The van der Waals surface area contributed by atoms with Crippen LogP contribution in [-0.4, -0.2) is 4.57 Å². The van der Waals surface area contributed by atoms with Gasteiger partial charge < -0.3 is 8.98 Å². The molecule has 0 unspecified atom stereocenters. The highest BCUT2D eigenvalue weighted by molar-refractivity contribution is 7.27. The fraction of sp³-hybridized carbons (Fsp3) is 0. The van der Waals surface area contributed by atoms with Gasteiger partial charge in [0.2, 0.25) is 0 Å². The number of fused-ring (bicyclic) bond motifs is 14. The van der Waals surface area contributed by atoms with Crippen LogP contribution in [0.2, 0.25) is 0 Å². The number of rotatable bonds is 4. The molecule has 0 fully saturated rings. The van der Waals surface area contributed by atoms with Crippen molar-refractivity contribution in [3.8, 4) is 51.2 Å². The quantitative estimate of drug-likeness (QED) is 0.178. The van der Waals surface area contributed by atoms with Gasteiger partial charge in [0.05, 0.1) is 37.2 Å². The van der Waals surface area contributed by atoms with E-state index in [1.54, 1.807) is 22.7 Å². The van der Waals surface area contributed by atoms with Crippen LogP contribution in [0.15, 0.2) is 180 Å². The maximum atomic E-state index is 11.9. The second-order valence-corrected chi connectivity index (χ2v) is 17.8. The number of para-hydroxylation sites is 1. The molecule has 0 aliphatic rings. The highest BCUT2D eigenvalue weighted by atomic mass is 32.1. The van der Waals surface area contributed by atoms with E-state index in [1.807, 2.05) is 78.9 Å². The normalized spacial score (nSPS) is 11.8. The van der Waals surface area contributed by atoms with E-state index in [4.69, 9.17) is 4.42 Å². The lowest BCUT2D eigenvalue weighted by atomic mass is 9.80. The molecular formula is C56H29N3OS2. The second-order valence-electron chi connectivity index (χ2n) is 15.7. The highest BCUT2D eigenvalue weighted by Crippen LogP contribution is 2.53. The van der Waals surface area contributed by atoms with Gasteiger partial charge in [0, 0.05) is 69.2 Å². The summed E-state index contributed by atoms with van der Waals surface area (Å²) in [6.45, 7) is 0. The summed E-state index contributed by atoms with van der Waals surface area (Å²) in [5, 5.41) is 32.4. The molecule has 286 valence electrons. The molecule has 13 rings (SSSR count). The SMILES string of the molecule is N#Cc1c(-c2ccccc2)c(C#N)c(-n2c3c(ccc4c5ccccc5sc43)c3ccc4c5ccccc5sc4c32)c(-c2ccccc2)c1-c1cccc2oc3ccccc3c12. The van der Waals surface area contributed by atoms with Crippen molar-refractivity contribution in [2.75, 3.05) is 0 Å². The third-order valence-electron chi connectivity index (χ3n) is 12.5. The monoisotopic (exact) mass is 823 g/mol. The number of furan rings is 1. The zero-order valence-corrected chi connectivity index (χ0v) is 34.4. The molecule has 0 radical (unpaired) electrons. The van der Waals surface area contributed by atoms with Gasteiger partial charge in [-0.05, 0) is 41.0 Å². The molecule has 0 saturated heterocycles. The van der Waals surface area contributed by atoms with Crippen LogP contribution in [0, 0.1) is 22.7 Å². The topological polar surface area (TPSA) is 65.7 Å². The minimum absolute atomic E-state index is 0.438. The molecule has 0 saturated carbocycles. The van der Waals surface area contributed by atoms with Gasteiger partial charge in [-0.3, -0.25) is 0 Å². The van der Waals surface area contributed by atoms with E-state index >= 15 is 0 Å². The average molecular weight is 824 g/mol. The molecule has 4 heterocycles. The van der Waals surface area contributed by atoms with Crippen LogP contribution < -0.4 is 0 Å². The minimum atomic E-state index is 0.438. The summed E-state index contributed by atoms with van der Waals surface area (Å²) in [5.74, 6) is 0. The molecule has 6 heteroatoms. The van der Waals surface area contributed by atoms with Gasteiger partial charge in [-0.15, -0.1) is 22.7 Å². The molecule has 0 atom stereocenters. The van der Waals surface area contributed by atoms with Crippen LogP contribution in [0.4, 0.5) is 0 Å². The van der Waals surface area contributed by atoms with E-state index in [9.17, 15) is 10.5 Å². The van der Waals surface area contributed by atoms with Crippen molar-refractivity contribution >= 4 is 107 Å². The number of benzene rings is 9. The molecule has 9 aromatic carbocycles. The van der Waals surface area contributed by atoms with E-state index in [-0.39, 0.29) is 0 Å². The Labute approximate surface area is 362 Å². The Morgan fingerprint density at radius 1 is 0.403 bits per heavy atom. The number of hydrogen-bond donors (Lipinski definition) is 0. The zero-order valence-electron chi connectivity index (χ0n) is 32.8. The summed E-state index contributed by atoms with van der Waals surface area (Å²) in [6.07, 6.45) is 0. The number of nitrogens with zero attached hydrogens (tertiary/aromatic N) is 3. The summed E-state index contributed by atoms with van der Waals surface area (Å²) in [5.41, 5.74) is 9.94. The fourth-order valence-corrected chi connectivity index (χ4v) is 12.5. The molecule has 62 heavy (non-hydrogen) atoms. The molecule has 4 nitrogen and oxygen atoms in total. The summed E-state index contributed by atoms with van der Waals surface area (Å²) in [7, 11) is 0. The highest BCUT2D eigenvalue weighted by Gasteiger charge is 2.32. The summed E-state index contributed by atoms with van der Waals surface area (Å²) < 4.78 is 13.6. The number of thiophene rings is 2. The van der Waals surface area contributed by atoms with Crippen LogP contribution in [0.25, 0.3) is 123 Å². The smallest absolute Gasteiger partial charge is 0.136 e. The zero-order chi connectivity index (χ0) is 41.1. The molecular weight excluding hydrogens is 795 g/mol. The Kier molecular flexibility index (Phi) is 7.44. The van der Waals surface area contributed by atoms with Crippen molar-refractivity contribution in [3.63, 3.8) is 0 Å². The van der Waals surface area contributed by atoms with E-state index in [0.717, 1.165) is 86.6 Å². The molecule has 0 aliphatic heterocycles. The fourth-order valence-electron chi connectivity index (χ4n) is 9.98. The Balaban J connectivity index is 1.36. The first-order chi connectivity index (χ1) is 30.7. The van der Waals surface area contributed by atoms with Crippen LogP contribution in [0.1, 0.15) is 11.1 Å². The molecule has 13 aromatic rings. The largest absolute Gasteiger partial charge is 0.456 e. The van der Waals surface area contributed by atoms with Gasteiger partial charge in [0.15, 0.2) is 0 Å². The average Bonchev–Trinajstić information content (AvgIpc) is 4.10. The van der Waals surface area contributed by atoms with Gasteiger partial charge >= 0.3 is 0 Å². The Hall–Kier alpha value is -8.00. The van der Waals surface area contributed by atoms with Crippen molar-refractivity contribution in [2.24, 2.45) is 0 Å². The first-order valence-corrected chi connectivity index (χ1v) is 22.1. The van der Waals surface area contributed by atoms with Crippen molar-refractivity contribution in [1.82, 2.24) is 4.57 Å². The number of hydrogen-bond acceptors (Lipinski definition) is 5. The lowest BCUT2D eigenvalue weighted by molar-refractivity contribution is 0.669. The Morgan fingerprint density at radius 2 is 0.903 bits per heavy atom. The van der Waals surface area contributed by atoms with Crippen LogP contribution in [0.5, 0.6) is 0 Å². The third kappa shape index (κ3) is 4.74. The Bertz CT molecular complexity index is 3990. The van der Waals surface area contributed by atoms with Gasteiger partial charge in [0.25, 0.3) is 0 Å². The van der Waals surface area contributed by atoms with Crippen LogP contribution >= 0.6 is 22.7 Å². The summed E-state index contributed by atoms with van der Waals surface area (Å²) in [4.78, 5) is 0. The van der Waals surface area contributed by atoms with E-state index in [1.165, 1.54) is 30.9 Å². The van der Waals surface area contributed by atoms with Crippen LogP contribution in [0.3, 0.4) is 0 Å². The second kappa shape index (κ2) is 13.3. The van der Waals surface area contributed by atoms with E-state index < -0.39 is 0 Å². The lowest BCUT2D eigenvalue weighted by Crippen LogP contribution is -2.08. The summed E-state index contributed by atoms with van der Waals surface area (Å²) in [6, 6.07) is 66.3. The third-order valence-corrected chi connectivity index (χ3v) is 14.9.